The Morgan fingerprint density at radius 2 is 1.86 bits per heavy atom. The number of anilines is 1. The summed E-state index contributed by atoms with van der Waals surface area (Å²) in [6.45, 7) is 8.74. The summed E-state index contributed by atoms with van der Waals surface area (Å²) < 4.78 is 0. The normalized spacial score (nSPS) is 14.5. The third kappa shape index (κ3) is 5.73. The molecule has 0 fully saturated rings. The second-order valence-electron chi connectivity index (χ2n) is 6.43. The minimum Gasteiger partial charge on any atom is -0.396 e. The van der Waals surface area contributed by atoms with E-state index in [1.54, 1.807) is 0 Å². The van der Waals surface area contributed by atoms with Crippen LogP contribution in [0.5, 0.6) is 0 Å². The number of hydrogen-bond acceptors (Lipinski definition) is 3. The fourth-order valence-electron chi connectivity index (χ4n) is 2.29. The van der Waals surface area contributed by atoms with E-state index in [1.807, 2.05) is 24.3 Å². The van der Waals surface area contributed by atoms with E-state index >= 15 is 0 Å². The predicted molar refractivity (Wildman–Crippen MR) is 86.1 cm³/mol. The van der Waals surface area contributed by atoms with E-state index in [0.29, 0.717) is 5.69 Å². The van der Waals surface area contributed by atoms with Crippen molar-refractivity contribution in [2.24, 2.45) is 11.1 Å². The van der Waals surface area contributed by atoms with E-state index in [9.17, 15) is 9.90 Å². The number of aliphatic hydroxyl groups excluding tert-OH is 1. The average molecular weight is 293 g/mol. The molecule has 21 heavy (non-hydrogen) atoms. The van der Waals surface area contributed by atoms with Gasteiger partial charge >= 0.3 is 6.03 Å². The van der Waals surface area contributed by atoms with Gasteiger partial charge in [0, 0.05) is 24.4 Å². The highest BCUT2D eigenvalue weighted by atomic mass is 16.3. The lowest BCUT2D eigenvalue weighted by Gasteiger charge is -2.34. The van der Waals surface area contributed by atoms with Crippen molar-refractivity contribution in [1.29, 1.82) is 0 Å². The quantitative estimate of drug-likeness (QED) is 0.650. The topological polar surface area (TPSA) is 87.4 Å². The summed E-state index contributed by atoms with van der Waals surface area (Å²) in [5.74, 6) is 0. The molecule has 0 saturated carbocycles. The van der Waals surface area contributed by atoms with E-state index in [1.165, 1.54) is 0 Å². The molecule has 0 aliphatic carbocycles. The Morgan fingerprint density at radius 1 is 1.29 bits per heavy atom. The van der Waals surface area contributed by atoms with Gasteiger partial charge < -0.3 is 21.5 Å². The van der Waals surface area contributed by atoms with Gasteiger partial charge in [-0.25, -0.2) is 4.79 Å². The number of aliphatic hydroxyl groups is 1. The number of benzene rings is 1. The summed E-state index contributed by atoms with van der Waals surface area (Å²) in [4.78, 5) is 10.8. The molecule has 0 heterocycles. The van der Waals surface area contributed by atoms with E-state index < -0.39 is 6.03 Å². The molecule has 0 radical (unpaired) electrons. The van der Waals surface area contributed by atoms with Gasteiger partial charge in [-0.15, -0.1) is 0 Å². The van der Waals surface area contributed by atoms with Crippen LogP contribution in [0.2, 0.25) is 0 Å². The minimum atomic E-state index is -0.565. The molecule has 1 aromatic carbocycles. The van der Waals surface area contributed by atoms with E-state index in [0.717, 1.165) is 12.0 Å². The zero-order chi connectivity index (χ0) is 16.0. The Balaban J connectivity index is 2.73. The molecule has 0 aliphatic rings. The van der Waals surface area contributed by atoms with Crippen LogP contribution in [0, 0.1) is 5.41 Å². The van der Waals surface area contributed by atoms with Crippen molar-refractivity contribution >= 4 is 11.7 Å². The number of nitrogens with two attached hydrogens (primary N) is 1. The lowest BCUT2D eigenvalue weighted by Crippen LogP contribution is -2.42. The molecule has 0 saturated heterocycles. The summed E-state index contributed by atoms with van der Waals surface area (Å²) in [6.07, 6.45) is 0.717. The first kappa shape index (κ1) is 17.5. The molecule has 0 aliphatic heterocycles. The first-order chi connectivity index (χ1) is 9.74. The number of hydrogen-bond donors (Lipinski definition) is 4. The second-order valence-corrected chi connectivity index (χ2v) is 6.43. The van der Waals surface area contributed by atoms with Crippen LogP contribution in [-0.4, -0.2) is 23.8 Å². The van der Waals surface area contributed by atoms with Crippen LogP contribution in [0.25, 0.3) is 0 Å². The van der Waals surface area contributed by atoms with Gasteiger partial charge in [-0.2, -0.15) is 0 Å². The first-order valence-corrected chi connectivity index (χ1v) is 7.27. The smallest absolute Gasteiger partial charge is 0.316 e. The number of carbonyl (C=O) groups is 1. The summed E-state index contributed by atoms with van der Waals surface area (Å²) in [6, 6.07) is 7.39. The van der Waals surface area contributed by atoms with Gasteiger partial charge in [-0.3, -0.25) is 0 Å². The molecule has 5 N–H and O–H groups in total. The van der Waals surface area contributed by atoms with Gasteiger partial charge in [-0.1, -0.05) is 32.9 Å². The molecule has 118 valence electrons. The molecule has 0 spiro atoms. The highest BCUT2D eigenvalue weighted by Gasteiger charge is 2.25. The van der Waals surface area contributed by atoms with Crippen molar-refractivity contribution in [3.63, 3.8) is 0 Å². The number of nitrogens with one attached hydrogen (secondary N) is 2. The first-order valence-electron chi connectivity index (χ1n) is 7.27. The molecule has 0 bridgehead atoms. The number of carbonyl (C=O) groups excluding carboxylic acids is 1. The molecule has 1 rings (SSSR count). The zero-order valence-corrected chi connectivity index (χ0v) is 13.3. The number of rotatable bonds is 6. The third-order valence-electron chi connectivity index (χ3n) is 3.59. The molecular formula is C16H27N3O2. The maximum Gasteiger partial charge on any atom is 0.316 e. The monoisotopic (exact) mass is 293 g/mol. The average Bonchev–Trinajstić information content (AvgIpc) is 2.37. The molecule has 5 heteroatoms. The van der Waals surface area contributed by atoms with Gasteiger partial charge in [0.05, 0.1) is 0 Å². The van der Waals surface area contributed by atoms with Gasteiger partial charge in [0.15, 0.2) is 0 Å². The highest BCUT2D eigenvalue weighted by Crippen LogP contribution is 2.25. The van der Waals surface area contributed by atoms with E-state index in [2.05, 4.69) is 38.3 Å². The maximum absolute atomic E-state index is 10.8. The highest BCUT2D eigenvalue weighted by molar-refractivity contribution is 5.87. The summed E-state index contributed by atoms with van der Waals surface area (Å²) in [5.41, 5.74) is 6.96. The number of amides is 2. The van der Waals surface area contributed by atoms with Gasteiger partial charge in [-0.05, 0) is 36.5 Å². The lowest BCUT2D eigenvalue weighted by atomic mass is 9.84. The summed E-state index contributed by atoms with van der Waals surface area (Å²) in [7, 11) is 0. The Labute approximate surface area is 126 Å². The maximum atomic E-state index is 10.8. The largest absolute Gasteiger partial charge is 0.396 e. The van der Waals surface area contributed by atoms with Crippen molar-refractivity contribution in [2.45, 2.75) is 46.2 Å². The van der Waals surface area contributed by atoms with Crippen LogP contribution < -0.4 is 16.4 Å². The van der Waals surface area contributed by atoms with E-state index in [4.69, 9.17) is 5.73 Å². The molecule has 2 amide bonds. The SMILES string of the molecule is CC(NC(CCO)C(C)(C)C)c1ccc(NC(N)=O)cc1. The Kier molecular flexibility index (Phi) is 6.18. The Bertz CT molecular complexity index is 452. The summed E-state index contributed by atoms with van der Waals surface area (Å²) in [5, 5.41) is 15.3. The second kappa shape index (κ2) is 7.43. The van der Waals surface area contributed by atoms with Crippen LogP contribution >= 0.6 is 0 Å². The number of urea groups is 1. The van der Waals surface area contributed by atoms with Crippen LogP contribution in [0.15, 0.2) is 24.3 Å². The van der Waals surface area contributed by atoms with Gasteiger partial charge in [0.1, 0.15) is 0 Å². The van der Waals surface area contributed by atoms with Gasteiger partial charge in [0.2, 0.25) is 0 Å². The standard InChI is InChI=1S/C16H27N3O2/c1-11(18-14(9-10-20)16(2,3)4)12-5-7-13(8-6-12)19-15(17)21/h5-8,11,14,18,20H,9-10H2,1-4H3,(H3,17,19,21). The Hall–Kier alpha value is -1.59. The molecular weight excluding hydrogens is 266 g/mol. The summed E-state index contributed by atoms with van der Waals surface area (Å²) >= 11 is 0. The lowest BCUT2D eigenvalue weighted by molar-refractivity contribution is 0.188. The zero-order valence-electron chi connectivity index (χ0n) is 13.3. The fourth-order valence-corrected chi connectivity index (χ4v) is 2.29. The van der Waals surface area contributed by atoms with Crippen LogP contribution in [0.4, 0.5) is 10.5 Å². The van der Waals surface area contributed by atoms with Gasteiger partial charge in [0.25, 0.3) is 0 Å². The Morgan fingerprint density at radius 3 is 2.29 bits per heavy atom. The molecule has 2 atom stereocenters. The fraction of sp³-hybridized carbons (Fsp3) is 0.562. The van der Waals surface area contributed by atoms with Crippen molar-refractivity contribution in [3.05, 3.63) is 29.8 Å². The predicted octanol–water partition coefficient (Wildman–Crippen LogP) is 2.62. The molecule has 2 unspecified atom stereocenters. The van der Waals surface area contributed by atoms with Crippen molar-refractivity contribution in [1.82, 2.24) is 5.32 Å². The van der Waals surface area contributed by atoms with E-state index in [-0.39, 0.29) is 24.1 Å². The van der Waals surface area contributed by atoms with Crippen molar-refractivity contribution < 1.29 is 9.90 Å². The molecule has 0 aromatic heterocycles. The van der Waals surface area contributed by atoms with Crippen molar-refractivity contribution in [2.75, 3.05) is 11.9 Å². The molecule has 5 nitrogen and oxygen atoms in total. The minimum absolute atomic E-state index is 0.0739. The van der Waals surface area contributed by atoms with Crippen LogP contribution in [-0.2, 0) is 0 Å². The molecule has 1 aromatic rings. The van der Waals surface area contributed by atoms with Crippen molar-refractivity contribution in [3.8, 4) is 0 Å². The number of primary amides is 1. The van der Waals surface area contributed by atoms with Crippen LogP contribution in [0.1, 0.15) is 45.7 Å². The third-order valence-corrected chi connectivity index (χ3v) is 3.59. The van der Waals surface area contributed by atoms with Crippen LogP contribution in [0.3, 0.4) is 0 Å².